The Balaban J connectivity index is 2.41. The summed E-state index contributed by atoms with van der Waals surface area (Å²) in [6, 6.07) is 4.88. The summed E-state index contributed by atoms with van der Waals surface area (Å²) in [5.41, 5.74) is 0.829. The zero-order chi connectivity index (χ0) is 14.0. The van der Waals surface area contributed by atoms with Crippen LogP contribution in [0.4, 0.5) is 4.79 Å². The van der Waals surface area contributed by atoms with E-state index in [1.54, 1.807) is 33.4 Å². The van der Waals surface area contributed by atoms with Crippen molar-refractivity contribution in [2.24, 2.45) is 0 Å². The van der Waals surface area contributed by atoms with E-state index < -0.39 is 0 Å². The molecular formula is C13H15N3O3. The number of ether oxygens (including phenoxy) is 2. The molecule has 100 valence electrons. The summed E-state index contributed by atoms with van der Waals surface area (Å²) in [7, 11) is 4.82. The molecule has 1 saturated heterocycles. The maximum Gasteiger partial charge on any atom is 0.333 e. The monoisotopic (exact) mass is 261 g/mol. The molecule has 6 heteroatoms. The normalized spacial score (nSPS) is 18.4. The molecule has 0 spiro atoms. The molecule has 1 aromatic rings. The van der Waals surface area contributed by atoms with Crippen molar-refractivity contribution in [1.82, 2.24) is 9.80 Å². The number of likely N-dealkylation sites (N-methyl/N-ethyl adjacent to an activating group) is 1. The number of amides is 2. The van der Waals surface area contributed by atoms with Crippen molar-refractivity contribution in [3.8, 4) is 17.7 Å². The molecule has 0 radical (unpaired) electrons. The standard InChI is InChI=1S/C13H15N3O3/c1-15-11(7-16(8-14)13(15)17)10-6-9(18-2)4-5-12(10)19-3/h4-6,11H,7H2,1-3H3. The van der Waals surface area contributed by atoms with Gasteiger partial charge in [0.2, 0.25) is 0 Å². The molecule has 1 fully saturated rings. The second-order valence-electron chi connectivity index (χ2n) is 4.23. The highest BCUT2D eigenvalue weighted by molar-refractivity contribution is 5.79. The zero-order valence-corrected chi connectivity index (χ0v) is 11.1. The van der Waals surface area contributed by atoms with Crippen LogP contribution in [0.15, 0.2) is 18.2 Å². The molecule has 1 aliphatic heterocycles. The van der Waals surface area contributed by atoms with Gasteiger partial charge in [0.05, 0.1) is 26.8 Å². The van der Waals surface area contributed by atoms with Crippen molar-refractivity contribution in [3.63, 3.8) is 0 Å². The maximum absolute atomic E-state index is 11.8. The zero-order valence-electron chi connectivity index (χ0n) is 11.1. The van der Waals surface area contributed by atoms with Crippen LogP contribution >= 0.6 is 0 Å². The fourth-order valence-corrected chi connectivity index (χ4v) is 2.19. The van der Waals surface area contributed by atoms with Gasteiger partial charge in [-0.2, -0.15) is 5.26 Å². The van der Waals surface area contributed by atoms with Crippen LogP contribution in [-0.2, 0) is 0 Å². The molecule has 1 heterocycles. The number of hydrogen-bond acceptors (Lipinski definition) is 4. The Morgan fingerprint density at radius 1 is 1.37 bits per heavy atom. The van der Waals surface area contributed by atoms with Crippen LogP contribution in [0.5, 0.6) is 11.5 Å². The molecular weight excluding hydrogens is 246 g/mol. The van der Waals surface area contributed by atoms with Gasteiger partial charge in [0.25, 0.3) is 0 Å². The van der Waals surface area contributed by atoms with Crippen LogP contribution in [0.1, 0.15) is 11.6 Å². The third-order valence-electron chi connectivity index (χ3n) is 3.27. The van der Waals surface area contributed by atoms with E-state index in [1.165, 1.54) is 4.90 Å². The van der Waals surface area contributed by atoms with Crippen molar-refractivity contribution >= 4 is 6.03 Å². The van der Waals surface area contributed by atoms with Gasteiger partial charge < -0.3 is 14.4 Å². The molecule has 1 aliphatic rings. The van der Waals surface area contributed by atoms with Crippen LogP contribution in [0.25, 0.3) is 0 Å². The van der Waals surface area contributed by atoms with Gasteiger partial charge in [-0.15, -0.1) is 0 Å². The van der Waals surface area contributed by atoms with Gasteiger partial charge in [0, 0.05) is 12.6 Å². The molecule has 0 aliphatic carbocycles. The molecule has 0 bridgehead atoms. The van der Waals surface area contributed by atoms with Crippen molar-refractivity contribution in [3.05, 3.63) is 23.8 Å². The summed E-state index contributed by atoms with van der Waals surface area (Å²) in [5.74, 6) is 1.36. The minimum Gasteiger partial charge on any atom is -0.497 e. The van der Waals surface area contributed by atoms with Gasteiger partial charge in [-0.3, -0.25) is 0 Å². The van der Waals surface area contributed by atoms with E-state index in [0.717, 1.165) is 10.5 Å². The van der Waals surface area contributed by atoms with Crippen LogP contribution in [0.2, 0.25) is 0 Å². The number of carbonyl (C=O) groups excluding carboxylic acids is 1. The second kappa shape index (κ2) is 5.06. The average Bonchev–Trinajstić information content (AvgIpc) is 2.74. The van der Waals surface area contributed by atoms with E-state index in [9.17, 15) is 4.79 Å². The lowest BCUT2D eigenvalue weighted by Gasteiger charge is -2.20. The average molecular weight is 261 g/mol. The largest absolute Gasteiger partial charge is 0.497 e. The fraction of sp³-hybridized carbons (Fsp3) is 0.385. The summed E-state index contributed by atoms with van der Waals surface area (Å²) < 4.78 is 10.5. The van der Waals surface area contributed by atoms with E-state index in [0.29, 0.717) is 18.0 Å². The lowest BCUT2D eigenvalue weighted by molar-refractivity contribution is 0.205. The van der Waals surface area contributed by atoms with E-state index >= 15 is 0 Å². The molecule has 1 unspecified atom stereocenters. The van der Waals surface area contributed by atoms with Gasteiger partial charge in [0.15, 0.2) is 6.19 Å². The minimum atomic E-state index is -0.308. The first-order valence-electron chi connectivity index (χ1n) is 5.78. The van der Waals surface area contributed by atoms with Crippen molar-refractivity contribution < 1.29 is 14.3 Å². The molecule has 1 atom stereocenters. The number of benzene rings is 1. The van der Waals surface area contributed by atoms with Crippen LogP contribution in [0.3, 0.4) is 0 Å². The first kappa shape index (κ1) is 13.0. The number of urea groups is 1. The Morgan fingerprint density at radius 2 is 2.11 bits per heavy atom. The maximum atomic E-state index is 11.8. The summed E-state index contributed by atoms with van der Waals surface area (Å²) in [5, 5.41) is 8.92. The number of nitrogens with zero attached hydrogens (tertiary/aromatic N) is 3. The van der Waals surface area contributed by atoms with Crippen LogP contribution < -0.4 is 9.47 Å². The third kappa shape index (κ3) is 2.15. The molecule has 6 nitrogen and oxygen atoms in total. The number of nitriles is 1. The fourth-order valence-electron chi connectivity index (χ4n) is 2.19. The molecule has 0 N–H and O–H groups in total. The molecule has 19 heavy (non-hydrogen) atoms. The predicted octanol–water partition coefficient (Wildman–Crippen LogP) is 1.59. The Hall–Kier alpha value is -2.42. The molecule has 2 rings (SSSR count). The third-order valence-corrected chi connectivity index (χ3v) is 3.27. The Labute approximate surface area is 111 Å². The number of hydrogen-bond donors (Lipinski definition) is 0. The van der Waals surface area contributed by atoms with Crippen molar-refractivity contribution in [1.29, 1.82) is 5.26 Å². The van der Waals surface area contributed by atoms with Gasteiger partial charge >= 0.3 is 6.03 Å². The van der Waals surface area contributed by atoms with E-state index in [-0.39, 0.29) is 12.1 Å². The lowest BCUT2D eigenvalue weighted by atomic mass is 10.1. The van der Waals surface area contributed by atoms with Gasteiger partial charge in [0.1, 0.15) is 11.5 Å². The van der Waals surface area contributed by atoms with Gasteiger partial charge in [-0.1, -0.05) is 0 Å². The van der Waals surface area contributed by atoms with Gasteiger partial charge in [-0.25, -0.2) is 9.69 Å². The highest BCUT2D eigenvalue weighted by Gasteiger charge is 2.37. The highest BCUT2D eigenvalue weighted by Crippen LogP contribution is 2.35. The number of rotatable bonds is 3. The molecule has 2 amide bonds. The Kier molecular flexibility index (Phi) is 3.47. The lowest BCUT2D eigenvalue weighted by Crippen LogP contribution is -2.26. The van der Waals surface area contributed by atoms with E-state index in [4.69, 9.17) is 14.7 Å². The topological polar surface area (TPSA) is 65.8 Å². The van der Waals surface area contributed by atoms with Crippen molar-refractivity contribution in [2.45, 2.75) is 6.04 Å². The van der Waals surface area contributed by atoms with Crippen molar-refractivity contribution in [2.75, 3.05) is 27.8 Å². The van der Waals surface area contributed by atoms with E-state index in [1.807, 2.05) is 12.3 Å². The van der Waals surface area contributed by atoms with Crippen LogP contribution in [0, 0.1) is 11.5 Å². The Morgan fingerprint density at radius 3 is 2.63 bits per heavy atom. The Bertz CT molecular complexity index is 538. The van der Waals surface area contributed by atoms with Gasteiger partial charge in [-0.05, 0) is 18.2 Å². The summed E-state index contributed by atoms with van der Waals surface area (Å²) in [4.78, 5) is 14.5. The summed E-state index contributed by atoms with van der Waals surface area (Å²) >= 11 is 0. The number of carbonyl (C=O) groups is 1. The van der Waals surface area contributed by atoms with E-state index in [2.05, 4.69) is 0 Å². The summed E-state index contributed by atoms with van der Waals surface area (Å²) in [6.45, 7) is 0.315. The molecule has 1 aromatic carbocycles. The molecule has 0 saturated carbocycles. The summed E-state index contributed by atoms with van der Waals surface area (Å²) in [6.07, 6.45) is 1.88. The second-order valence-corrected chi connectivity index (χ2v) is 4.23. The van der Waals surface area contributed by atoms with Crippen LogP contribution in [-0.4, -0.2) is 43.6 Å². The first-order valence-corrected chi connectivity index (χ1v) is 5.78. The quantitative estimate of drug-likeness (QED) is 0.775. The first-order chi connectivity index (χ1) is 9.12. The SMILES string of the molecule is COc1ccc(OC)c(C2CN(C#N)C(=O)N2C)c1. The highest BCUT2D eigenvalue weighted by atomic mass is 16.5. The molecule has 0 aromatic heterocycles. The minimum absolute atomic E-state index is 0.225. The smallest absolute Gasteiger partial charge is 0.333 e. The predicted molar refractivity (Wildman–Crippen MR) is 67.8 cm³/mol. The number of methoxy groups -OCH3 is 2.